The molecule has 0 amide bonds. The number of fused-ring (bicyclic) bond motifs is 2. The number of ether oxygens (including phenoxy) is 1. The van der Waals surface area contributed by atoms with E-state index in [1.807, 2.05) is 6.07 Å². The summed E-state index contributed by atoms with van der Waals surface area (Å²) in [5.74, 6) is 0. The van der Waals surface area contributed by atoms with Crippen LogP contribution >= 0.6 is 27.5 Å². The second-order valence-corrected chi connectivity index (χ2v) is 5.77. The molecule has 1 aromatic rings. The fraction of sp³-hybridized carbons (Fsp3) is 0.538. The molecule has 2 bridgehead atoms. The van der Waals surface area contributed by atoms with Crippen molar-refractivity contribution in [1.82, 2.24) is 0 Å². The van der Waals surface area contributed by atoms with E-state index in [1.54, 1.807) is 0 Å². The van der Waals surface area contributed by atoms with E-state index in [9.17, 15) is 0 Å². The summed E-state index contributed by atoms with van der Waals surface area (Å²) in [6.07, 6.45) is 3.23. The molecule has 2 atom stereocenters. The van der Waals surface area contributed by atoms with E-state index >= 15 is 0 Å². The van der Waals surface area contributed by atoms with E-state index in [1.165, 1.54) is 24.1 Å². The van der Waals surface area contributed by atoms with Crippen LogP contribution in [0.4, 0.5) is 5.69 Å². The lowest BCUT2D eigenvalue weighted by atomic mass is 10.1. The lowest BCUT2D eigenvalue weighted by Gasteiger charge is -2.35. The van der Waals surface area contributed by atoms with Gasteiger partial charge < -0.3 is 9.64 Å². The van der Waals surface area contributed by atoms with Crippen LogP contribution in [0.1, 0.15) is 18.4 Å². The highest BCUT2D eigenvalue weighted by atomic mass is 79.9. The van der Waals surface area contributed by atoms with Gasteiger partial charge in [0, 0.05) is 29.1 Å². The van der Waals surface area contributed by atoms with Crippen LogP contribution in [0, 0.1) is 0 Å². The Balaban J connectivity index is 1.90. The van der Waals surface area contributed by atoms with Crippen LogP contribution in [0.15, 0.2) is 18.2 Å². The van der Waals surface area contributed by atoms with Gasteiger partial charge in [-0.3, -0.25) is 0 Å². The molecule has 3 rings (SSSR count). The summed E-state index contributed by atoms with van der Waals surface area (Å²) in [7, 11) is 0. The summed E-state index contributed by atoms with van der Waals surface area (Å²) < 4.78 is 5.87. The molecule has 0 N–H and O–H groups in total. The Bertz CT molecular complexity index is 414. The van der Waals surface area contributed by atoms with Crippen molar-refractivity contribution in [2.45, 2.75) is 30.4 Å². The molecule has 2 nitrogen and oxygen atoms in total. The van der Waals surface area contributed by atoms with Gasteiger partial charge in [0.15, 0.2) is 0 Å². The molecule has 0 radical (unpaired) electrons. The summed E-state index contributed by atoms with van der Waals surface area (Å²) in [4.78, 5) is 2.42. The first-order valence-electron chi connectivity index (χ1n) is 6.01. The van der Waals surface area contributed by atoms with E-state index < -0.39 is 0 Å². The smallest absolute Gasteiger partial charge is 0.0755 e. The molecular formula is C13H15BrClNO. The van der Waals surface area contributed by atoms with Crippen molar-refractivity contribution in [2.24, 2.45) is 0 Å². The second kappa shape index (κ2) is 4.79. The molecule has 2 aliphatic heterocycles. The third-order valence-electron chi connectivity index (χ3n) is 3.58. The van der Waals surface area contributed by atoms with Gasteiger partial charge in [-0.1, -0.05) is 33.6 Å². The largest absolute Gasteiger partial charge is 0.371 e. The minimum atomic E-state index is 0.413. The zero-order valence-corrected chi connectivity index (χ0v) is 11.9. The van der Waals surface area contributed by atoms with Crippen molar-refractivity contribution in [3.63, 3.8) is 0 Å². The van der Waals surface area contributed by atoms with Crippen LogP contribution in [-0.4, -0.2) is 25.3 Å². The normalized spacial score (nSPS) is 27.5. The molecule has 17 heavy (non-hydrogen) atoms. The van der Waals surface area contributed by atoms with E-state index in [-0.39, 0.29) is 0 Å². The summed E-state index contributed by atoms with van der Waals surface area (Å²) in [6.45, 7) is 1.99. The van der Waals surface area contributed by atoms with E-state index in [2.05, 4.69) is 33.0 Å². The minimum absolute atomic E-state index is 0.413. The van der Waals surface area contributed by atoms with Crippen molar-refractivity contribution >= 4 is 33.2 Å². The summed E-state index contributed by atoms with van der Waals surface area (Å²) >= 11 is 9.65. The fourth-order valence-corrected chi connectivity index (χ4v) is 3.40. The predicted octanol–water partition coefficient (Wildman–Crippen LogP) is 3.60. The van der Waals surface area contributed by atoms with Gasteiger partial charge in [-0.25, -0.2) is 0 Å². The van der Waals surface area contributed by atoms with Gasteiger partial charge in [-0.2, -0.15) is 0 Å². The maximum atomic E-state index is 6.11. The van der Waals surface area contributed by atoms with Gasteiger partial charge in [0.05, 0.1) is 12.2 Å². The average molecular weight is 317 g/mol. The predicted molar refractivity (Wildman–Crippen MR) is 74.2 cm³/mol. The van der Waals surface area contributed by atoms with Crippen LogP contribution < -0.4 is 4.90 Å². The molecule has 0 spiro atoms. The lowest BCUT2D eigenvalue weighted by Crippen LogP contribution is -2.43. The maximum Gasteiger partial charge on any atom is 0.0755 e. The third kappa shape index (κ3) is 2.33. The van der Waals surface area contributed by atoms with Crippen molar-refractivity contribution in [3.05, 3.63) is 28.8 Å². The van der Waals surface area contributed by atoms with Crippen LogP contribution in [-0.2, 0) is 10.1 Å². The zero-order chi connectivity index (χ0) is 11.8. The molecule has 2 saturated heterocycles. The van der Waals surface area contributed by atoms with E-state index in [4.69, 9.17) is 16.3 Å². The molecule has 2 fully saturated rings. The molecule has 0 aliphatic carbocycles. The quantitative estimate of drug-likeness (QED) is 0.773. The fourth-order valence-electron chi connectivity index (χ4n) is 2.76. The number of halogens is 2. The SMILES string of the molecule is Clc1ccc(CBr)c(N2CC3CCC(C2)O3)c1. The number of rotatable bonds is 2. The molecule has 4 heteroatoms. The Kier molecular flexibility index (Phi) is 3.33. The molecular weight excluding hydrogens is 302 g/mol. The van der Waals surface area contributed by atoms with Crippen molar-refractivity contribution in [1.29, 1.82) is 0 Å². The lowest BCUT2D eigenvalue weighted by molar-refractivity contribution is 0.0304. The zero-order valence-electron chi connectivity index (χ0n) is 9.53. The number of benzene rings is 1. The highest BCUT2D eigenvalue weighted by Crippen LogP contribution is 2.33. The Hall–Kier alpha value is -0.250. The van der Waals surface area contributed by atoms with Gasteiger partial charge in [0.2, 0.25) is 0 Å². The van der Waals surface area contributed by atoms with Crippen LogP contribution in [0.5, 0.6) is 0 Å². The number of anilines is 1. The van der Waals surface area contributed by atoms with Gasteiger partial charge in [-0.15, -0.1) is 0 Å². The highest BCUT2D eigenvalue weighted by molar-refractivity contribution is 9.08. The Morgan fingerprint density at radius 1 is 1.29 bits per heavy atom. The number of hydrogen-bond acceptors (Lipinski definition) is 2. The van der Waals surface area contributed by atoms with Crippen molar-refractivity contribution in [3.8, 4) is 0 Å². The molecule has 0 saturated carbocycles. The van der Waals surface area contributed by atoms with Crippen molar-refractivity contribution < 1.29 is 4.74 Å². The first-order valence-corrected chi connectivity index (χ1v) is 7.51. The molecule has 1 aromatic carbocycles. The first kappa shape index (κ1) is 11.8. The molecule has 92 valence electrons. The topological polar surface area (TPSA) is 12.5 Å². The molecule has 2 heterocycles. The van der Waals surface area contributed by atoms with Gasteiger partial charge >= 0.3 is 0 Å². The number of alkyl halides is 1. The number of nitrogens with zero attached hydrogens (tertiary/aromatic N) is 1. The number of hydrogen-bond donors (Lipinski definition) is 0. The second-order valence-electron chi connectivity index (χ2n) is 4.77. The average Bonchev–Trinajstić information content (AvgIpc) is 2.68. The third-order valence-corrected chi connectivity index (χ3v) is 4.41. The number of morpholine rings is 1. The van der Waals surface area contributed by atoms with Crippen LogP contribution in [0.2, 0.25) is 5.02 Å². The Labute approximate surface area is 115 Å². The Morgan fingerprint density at radius 3 is 2.65 bits per heavy atom. The monoisotopic (exact) mass is 315 g/mol. The van der Waals surface area contributed by atoms with Crippen LogP contribution in [0.3, 0.4) is 0 Å². The van der Waals surface area contributed by atoms with Gasteiger partial charge in [-0.05, 0) is 30.5 Å². The summed E-state index contributed by atoms with van der Waals surface area (Å²) in [5, 5.41) is 1.68. The first-order chi connectivity index (χ1) is 8.26. The van der Waals surface area contributed by atoms with E-state index in [0.717, 1.165) is 23.4 Å². The van der Waals surface area contributed by atoms with Gasteiger partial charge in [0.25, 0.3) is 0 Å². The summed E-state index contributed by atoms with van der Waals surface area (Å²) in [6, 6.07) is 6.13. The van der Waals surface area contributed by atoms with E-state index in [0.29, 0.717) is 12.2 Å². The van der Waals surface area contributed by atoms with Crippen molar-refractivity contribution in [2.75, 3.05) is 18.0 Å². The molecule has 0 aromatic heterocycles. The highest BCUT2D eigenvalue weighted by Gasteiger charge is 2.34. The molecule has 2 aliphatic rings. The summed E-state index contributed by atoms with van der Waals surface area (Å²) in [5.41, 5.74) is 2.56. The standard InChI is InChI=1S/C13H15BrClNO/c14-6-9-1-2-10(15)5-13(9)16-7-11-3-4-12(8-16)17-11/h1-2,5,11-12H,3-4,6-8H2. The van der Waals surface area contributed by atoms with Crippen LogP contribution in [0.25, 0.3) is 0 Å². The Morgan fingerprint density at radius 2 is 2.00 bits per heavy atom. The molecule has 2 unspecified atom stereocenters. The van der Waals surface area contributed by atoms with Gasteiger partial charge in [0.1, 0.15) is 0 Å². The minimum Gasteiger partial charge on any atom is -0.371 e. The maximum absolute atomic E-state index is 6.11.